The number of hydrogen-bond acceptors (Lipinski definition) is 6. The van der Waals surface area contributed by atoms with Gasteiger partial charge in [-0.2, -0.15) is 0 Å². The normalized spacial score (nSPS) is 12.1. The van der Waals surface area contributed by atoms with Crippen molar-refractivity contribution >= 4 is 32.9 Å². The summed E-state index contributed by atoms with van der Waals surface area (Å²) in [7, 11) is -3.35. The standard InChI is InChI=1S/C13H14N2O2S3/c1-10-4-6-12(7-5-10)20(16,17)9-3-8-18-13-15-14-11(2)19-13/h3-7,9H,8H2,1-2H3. The van der Waals surface area contributed by atoms with E-state index in [1.807, 2.05) is 13.8 Å². The number of aryl methyl sites for hydroxylation is 2. The molecule has 0 amide bonds. The van der Waals surface area contributed by atoms with E-state index in [4.69, 9.17) is 0 Å². The van der Waals surface area contributed by atoms with E-state index in [9.17, 15) is 8.42 Å². The fourth-order valence-corrected chi connectivity index (χ4v) is 4.22. The van der Waals surface area contributed by atoms with Crippen molar-refractivity contribution in [3.05, 3.63) is 46.3 Å². The van der Waals surface area contributed by atoms with Gasteiger partial charge in [-0.3, -0.25) is 0 Å². The summed E-state index contributed by atoms with van der Waals surface area (Å²) < 4.78 is 24.9. The van der Waals surface area contributed by atoms with E-state index in [1.54, 1.807) is 30.3 Å². The molecule has 7 heteroatoms. The molecule has 0 unspecified atom stereocenters. The summed E-state index contributed by atoms with van der Waals surface area (Å²) in [5.41, 5.74) is 1.04. The lowest BCUT2D eigenvalue weighted by atomic mass is 10.2. The fraction of sp³-hybridized carbons (Fsp3) is 0.231. The first kappa shape index (κ1) is 15.2. The van der Waals surface area contributed by atoms with Crippen LogP contribution in [-0.4, -0.2) is 24.4 Å². The summed E-state index contributed by atoms with van der Waals surface area (Å²) in [6.45, 7) is 3.81. The molecule has 0 spiro atoms. The molecule has 0 atom stereocenters. The van der Waals surface area contributed by atoms with E-state index in [-0.39, 0.29) is 0 Å². The molecular formula is C13H14N2O2S3. The first-order chi connectivity index (χ1) is 9.47. The molecule has 106 valence electrons. The van der Waals surface area contributed by atoms with Gasteiger partial charge in [0.05, 0.1) is 4.90 Å². The Morgan fingerprint density at radius 3 is 2.50 bits per heavy atom. The molecule has 0 bridgehead atoms. The lowest BCUT2D eigenvalue weighted by molar-refractivity contribution is 0.604. The van der Waals surface area contributed by atoms with Gasteiger partial charge in [-0.25, -0.2) is 8.42 Å². The molecule has 0 aliphatic rings. The number of rotatable bonds is 5. The van der Waals surface area contributed by atoms with Crippen LogP contribution in [0.15, 0.2) is 45.0 Å². The number of aromatic nitrogens is 2. The first-order valence-electron chi connectivity index (χ1n) is 5.88. The predicted octanol–water partition coefficient (Wildman–Crippen LogP) is 3.23. The van der Waals surface area contributed by atoms with Crippen LogP contribution >= 0.6 is 23.1 Å². The van der Waals surface area contributed by atoms with Gasteiger partial charge in [-0.1, -0.05) is 46.9 Å². The summed E-state index contributed by atoms with van der Waals surface area (Å²) in [6.07, 6.45) is 1.64. The van der Waals surface area contributed by atoms with Crippen molar-refractivity contribution in [3.8, 4) is 0 Å². The zero-order chi connectivity index (χ0) is 14.6. The molecule has 1 aromatic carbocycles. The number of hydrogen-bond donors (Lipinski definition) is 0. The van der Waals surface area contributed by atoms with E-state index >= 15 is 0 Å². The number of benzene rings is 1. The second-order valence-corrected chi connectivity index (χ2v) is 8.41. The van der Waals surface area contributed by atoms with E-state index in [0.29, 0.717) is 10.6 Å². The second kappa shape index (κ2) is 6.51. The fourth-order valence-electron chi connectivity index (χ4n) is 1.43. The molecule has 20 heavy (non-hydrogen) atoms. The van der Waals surface area contributed by atoms with Crippen LogP contribution in [0, 0.1) is 13.8 Å². The summed E-state index contributed by atoms with van der Waals surface area (Å²) in [5, 5.41) is 10.0. The van der Waals surface area contributed by atoms with Crippen LogP contribution in [0.3, 0.4) is 0 Å². The number of sulfone groups is 1. The van der Waals surface area contributed by atoms with Crippen molar-refractivity contribution in [3.63, 3.8) is 0 Å². The Hall–Kier alpha value is -1.18. The zero-order valence-corrected chi connectivity index (χ0v) is 13.6. The maximum absolute atomic E-state index is 12.0. The van der Waals surface area contributed by atoms with Crippen LogP contribution in [0.1, 0.15) is 10.6 Å². The summed E-state index contributed by atoms with van der Waals surface area (Å²) in [4.78, 5) is 0.316. The van der Waals surface area contributed by atoms with Crippen molar-refractivity contribution in [1.29, 1.82) is 0 Å². The van der Waals surface area contributed by atoms with Gasteiger partial charge in [-0.05, 0) is 26.0 Å². The molecule has 0 fully saturated rings. The molecule has 1 aromatic heterocycles. The highest BCUT2D eigenvalue weighted by molar-refractivity contribution is 8.01. The Balaban J connectivity index is 1.97. The molecule has 0 radical (unpaired) electrons. The first-order valence-corrected chi connectivity index (χ1v) is 9.23. The highest BCUT2D eigenvalue weighted by Crippen LogP contribution is 2.22. The molecule has 2 rings (SSSR count). The number of thioether (sulfide) groups is 1. The van der Waals surface area contributed by atoms with Crippen molar-refractivity contribution in [2.24, 2.45) is 0 Å². The SMILES string of the molecule is Cc1ccc(S(=O)(=O)C=CCSc2nnc(C)s2)cc1. The molecule has 0 N–H and O–H groups in total. The molecule has 0 aliphatic heterocycles. The molecule has 0 saturated heterocycles. The van der Waals surface area contributed by atoms with Crippen molar-refractivity contribution in [2.75, 3.05) is 5.75 Å². The third-order valence-electron chi connectivity index (χ3n) is 2.44. The van der Waals surface area contributed by atoms with Gasteiger partial charge >= 0.3 is 0 Å². The quantitative estimate of drug-likeness (QED) is 0.790. The Labute approximate surface area is 126 Å². The van der Waals surface area contributed by atoms with Crippen LogP contribution in [-0.2, 0) is 9.84 Å². The Morgan fingerprint density at radius 2 is 1.90 bits per heavy atom. The average Bonchev–Trinajstić information content (AvgIpc) is 2.81. The summed E-state index contributed by atoms with van der Waals surface area (Å²) in [5.74, 6) is 0.555. The topological polar surface area (TPSA) is 59.9 Å². The lowest BCUT2D eigenvalue weighted by Gasteiger charge is -1.99. The van der Waals surface area contributed by atoms with E-state index in [2.05, 4.69) is 10.2 Å². The average molecular weight is 326 g/mol. The summed E-state index contributed by atoms with van der Waals surface area (Å²) >= 11 is 2.97. The highest BCUT2D eigenvalue weighted by atomic mass is 32.2. The molecule has 2 aromatic rings. The van der Waals surface area contributed by atoms with Gasteiger partial charge in [0.1, 0.15) is 5.01 Å². The van der Waals surface area contributed by atoms with Crippen LogP contribution in [0.5, 0.6) is 0 Å². The third-order valence-corrected chi connectivity index (χ3v) is 5.84. The smallest absolute Gasteiger partial charge is 0.199 e. The van der Waals surface area contributed by atoms with E-state index in [0.717, 1.165) is 14.9 Å². The molecule has 0 aliphatic carbocycles. The van der Waals surface area contributed by atoms with Crippen LogP contribution in [0.25, 0.3) is 0 Å². The van der Waals surface area contributed by atoms with Gasteiger partial charge < -0.3 is 0 Å². The van der Waals surface area contributed by atoms with Crippen LogP contribution < -0.4 is 0 Å². The van der Waals surface area contributed by atoms with Gasteiger partial charge in [0.25, 0.3) is 0 Å². The molecule has 0 saturated carbocycles. The highest BCUT2D eigenvalue weighted by Gasteiger charge is 2.09. The Morgan fingerprint density at radius 1 is 1.20 bits per heavy atom. The molecular weight excluding hydrogens is 312 g/mol. The molecule has 1 heterocycles. The van der Waals surface area contributed by atoms with Crippen LogP contribution in [0.2, 0.25) is 0 Å². The Kier molecular flexibility index (Phi) is 4.95. The lowest BCUT2D eigenvalue weighted by Crippen LogP contribution is -1.96. The van der Waals surface area contributed by atoms with Gasteiger partial charge in [0.2, 0.25) is 0 Å². The van der Waals surface area contributed by atoms with E-state index < -0.39 is 9.84 Å². The van der Waals surface area contributed by atoms with Crippen molar-refractivity contribution in [1.82, 2.24) is 10.2 Å². The van der Waals surface area contributed by atoms with E-state index in [1.165, 1.54) is 28.5 Å². The van der Waals surface area contributed by atoms with Gasteiger partial charge in [0.15, 0.2) is 14.2 Å². The van der Waals surface area contributed by atoms with Gasteiger partial charge in [0, 0.05) is 11.2 Å². The predicted molar refractivity (Wildman–Crippen MR) is 82.9 cm³/mol. The van der Waals surface area contributed by atoms with Gasteiger partial charge in [-0.15, -0.1) is 10.2 Å². The minimum Gasteiger partial charge on any atom is -0.219 e. The maximum atomic E-state index is 12.0. The second-order valence-electron chi connectivity index (χ2n) is 4.13. The summed E-state index contributed by atoms with van der Waals surface area (Å²) in [6, 6.07) is 6.82. The maximum Gasteiger partial charge on any atom is 0.199 e. The largest absolute Gasteiger partial charge is 0.219 e. The van der Waals surface area contributed by atoms with Crippen LogP contribution in [0.4, 0.5) is 0 Å². The minimum atomic E-state index is -3.35. The molecule has 4 nitrogen and oxygen atoms in total. The zero-order valence-electron chi connectivity index (χ0n) is 11.1. The third kappa shape index (κ3) is 4.16. The number of nitrogens with zero attached hydrogens (tertiary/aromatic N) is 2. The van der Waals surface area contributed by atoms with Crippen molar-refractivity contribution < 1.29 is 8.42 Å². The monoisotopic (exact) mass is 326 g/mol. The Bertz CT molecular complexity index is 703. The minimum absolute atomic E-state index is 0.316. The van der Waals surface area contributed by atoms with Crippen molar-refractivity contribution in [2.45, 2.75) is 23.1 Å².